The van der Waals surface area contributed by atoms with Crippen molar-refractivity contribution in [2.75, 3.05) is 13.1 Å². The molecule has 0 radical (unpaired) electrons. The van der Waals surface area contributed by atoms with E-state index >= 15 is 0 Å². The van der Waals surface area contributed by atoms with Gasteiger partial charge in [0.15, 0.2) is 23.4 Å². The van der Waals surface area contributed by atoms with E-state index in [9.17, 15) is 8.78 Å². The number of nitrogens with zero attached hydrogens (tertiary/aromatic N) is 3. The van der Waals surface area contributed by atoms with E-state index in [1.165, 1.54) is 6.07 Å². The molecule has 8 heteroatoms. The van der Waals surface area contributed by atoms with Crippen LogP contribution < -0.4 is 10.6 Å². The van der Waals surface area contributed by atoms with Crippen LogP contribution in [-0.2, 0) is 6.54 Å². The van der Waals surface area contributed by atoms with E-state index in [-0.39, 0.29) is 12.5 Å². The molecule has 1 aromatic heterocycles. The molecule has 0 saturated carbocycles. The highest BCUT2D eigenvalue weighted by molar-refractivity contribution is 5.79. The summed E-state index contributed by atoms with van der Waals surface area (Å²) in [6, 6.07) is 3.93. The van der Waals surface area contributed by atoms with Crippen molar-refractivity contribution < 1.29 is 13.3 Å². The Kier molecular flexibility index (Phi) is 6.22. The fourth-order valence-corrected chi connectivity index (χ4v) is 2.08. The van der Waals surface area contributed by atoms with E-state index in [1.807, 2.05) is 13.8 Å². The first-order valence-corrected chi connectivity index (χ1v) is 7.76. The molecular weight excluding hydrogens is 316 g/mol. The van der Waals surface area contributed by atoms with Gasteiger partial charge in [0.1, 0.15) is 6.54 Å². The van der Waals surface area contributed by atoms with Gasteiger partial charge in [-0.3, -0.25) is 0 Å². The molecule has 0 aliphatic carbocycles. The fourth-order valence-electron chi connectivity index (χ4n) is 2.08. The third-order valence-corrected chi connectivity index (χ3v) is 3.37. The van der Waals surface area contributed by atoms with Gasteiger partial charge in [-0.25, -0.2) is 13.8 Å². The molecule has 2 rings (SSSR count). The highest BCUT2D eigenvalue weighted by Gasteiger charge is 2.10. The van der Waals surface area contributed by atoms with E-state index in [0.717, 1.165) is 6.07 Å². The summed E-state index contributed by atoms with van der Waals surface area (Å²) in [4.78, 5) is 8.44. The Morgan fingerprint density at radius 2 is 2.08 bits per heavy atom. The van der Waals surface area contributed by atoms with Crippen molar-refractivity contribution in [1.82, 2.24) is 20.8 Å². The van der Waals surface area contributed by atoms with Crippen LogP contribution in [0.4, 0.5) is 8.78 Å². The van der Waals surface area contributed by atoms with Crippen LogP contribution in [0.15, 0.2) is 27.7 Å². The number of aromatic nitrogens is 2. The summed E-state index contributed by atoms with van der Waals surface area (Å²) in [5, 5.41) is 9.97. The highest BCUT2D eigenvalue weighted by Crippen LogP contribution is 2.17. The lowest BCUT2D eigenvalue weighted by atomic mass is 10.0. The van der Waals surface area contributed by atoms with Gasteiger partial charge in [-0.05, 0) is 37.5 Å². The van der Waals surface area contributed by atoms with Gasteiger partial charge in [0.2, 0.25) is 5.89 Å². The standard InChI is InChI=1S/C16H21F2N5O/c1-4-19-16(21-9-15-22-11(3)23-24-15)20-8-10(2)12-5-6-13(17)14(18)7-12/h5-7,10H,4,8-9H2,1-3H3,(H2,19,20,21)/t10-/m0/s1. The molecule has 0 saturated heterocycles. The molecule has 2 N–H and O–H groups in total. The summed E-state index contributed by atoms with van der Waals surface area (Å²) in [6.45, 7) is 7.07. The molecule has 0 aliphatic heterocycles. The molecule has 2 aromatic rings. The molecular formula is C16H21F2N5O. The van der Waals surface area contributed by atoms with E-state index < -0.39 is 11.6 Å². The lowest BCUT2D eigenvalue weighted by Crippen LogP contribution is -2.39. The monoisotopic (exact) mass is 337 g/mol. The summed E-state index contributed by atoms with van der Waals surface area (Å²) in [7, 11) is 0. The minimum Gasteiger partial charge on any atom is -0.357 e. The zero-order valence-corrected chi connectivity index (χ0v) is 13.9. The van der Waals surface area contributed by atoms with Crippen LogP contribution in [0.25, 0.3) is 0 Å². The largest absolute Gasteiger partial charge is 0.357 e. The predicted octanol–water partition coefficient (Wildman–Crippen LogP) is 2.52. The minimum absolute atomic E-state index is 0.0189. The van der Waals surface area contributed by atoms with Gasteiger partial charge in [0, 0.05) is 13.1 Å². The van der Waals surface area contributed by atoms with Crippen molar-refractivity contribution in [2.24, 2.45) is 4.99 Å². The molecule has 0 fully saturated rings. The third-order valence-electron chi connectivity index (χ3n) is 3.37. The molecule has 1 atom stereocenters. The maximum Gasteiger partial charge on any atom is 0.248 e. The van der Waals surface area contributed by atoms with Gasteiger partial charge in [0.05, 0.1) is 0 Å². The number of halogens is 2. The number of nitrogens with one attached hydrogen (secondary N) is 2. The Labute approximate surface area is 139 Å². The first-order chi connectivity index (χ1) is 11.5. The second-order valence-electron chi connectivity index (χ2n) is 5.39. The van der Waals surface area contributed by atoms with Crippen molar-refractivity contribution in [2.45, 2.75) is 33.2 Å². The second kappa shape index (κ2) is 8.37. The van der Waals surface area contributed by atoms with Gasteiger partial charge in [-0.2, -0.15) is 4.98 Å². The van der Waals surface area contributed by atoms with Crippen LogP contribution in [0.1, 0.15) is 37.0 Å². The summed E-state index contributed by atoms with van der Waals surface area (Å²) < 4.78 is 31.3. The summed E-state index contributed by atoms with van der Waals surface area (Å²) >= 11 is 0. The Bertz CT molecular complexity index is 702. The Hall–Kier alpha value is -2.51. The first-order valence-electron chi connectivity index (χ1n) is 7.76. The Morgan fingerprint density at radius 1 is 1.29 bits per heavy atom. The van der Waals surface area contributed by atoms with E-state index in [4.69, 9.17) is 4.52 Å². The smallest absolute Gasteiger partial charge is 0.248 e. The molecule has 1 aromatic carbocycles. The van der Waals surface area contributed by atoms with Crippen LogP contribution in [0.2, 0.25) is 0 Å². The van der Waals surface area contributed by atoms with Crippen LogP contribution in [0.5, 0.6) is 0 Å². The zero-order valence-electron chi connectivity index (χ0n) is 13.9. The number of hydrogen-bond acceptors (Lipinski definition) is 4. The van der Waals surface area contributed by atoms with E-state index in [0.29, 0.717) is 36.3 Å². The number of guanidine groups is 1. The van der Waals surface area contributed by atoms with Gasteiger partial charge < -0.3 is 15.2 Å². The summed E-state index contributed by atoms with van der Waals surface area (Å²) in [5.74, 6) is -0.129. The van der Waals surface area contributed by atoms with Gasteiger partial charge in [-0.1, -0.05) is 18.1 Å². The summed E-state index contributed by atoms with van der Waals surface area (Å²) in [6.07, 6.45) is 0. The first kappa shape index (κ1) is 17.8. The lowest BCUT2D eigenvalue weighted by molar-refractivity contribution is 0.376. The molecule has 6 nitrogen and oxygen atoms in total. The van der Waals surface area contributed by atoms with Crippen LogP contribution in [0.3, 0.4) is 0 Å². The molecule has 0 aliphatic rings. The minimum atomic E-state index is -0.844. The van der Waals surface area contributed by atoms with Crippen molar-refractivity contribution >= 4 is 5.96 Å². The second-order valence-corrected chi connectivity index (χ2v) is 5.39. The van der Waals surface area contributed by atoms with Crippen molar-refractivity contribution in [3.05, 3.63) is 47.1 Å². The normalized spacial score (nSPS) is 13.0. The molecule has 1 heterocycles. The number of aryl methyl sites for hydroxylation is 1. The predicted molar refractivity (Wildman–Crippen MR) is 86.6 cm³/mol. The fraction of sp³-hybridized carbons (Fsp3) is 0.438. The number of benzene rings is 1. The van der Waals surface area contributed by atoms with Crippen LogP contribution in [0, 0.1) is 18.6 Å². The Balaban J connectivity index is 1.95. The van der Waals surface area contributed by atoms with Crippen molar-refractivity contribution in [1.29, 1.82) is 0 Å². The number of hydrogen-bond donors (Lipinski definition) is 2. The molecule has 130 valence electrons. The van der Waals surface area contributed by atoms with Crippen LogP contribution in [-0.4, -0.2) is 29.2 Å². The average Bonchev–Trinajstić information content (AvgIpc) is 2.98. The average molecular weight is 337 g/mol. The van der Waals surface area contributed by atoms with Gasteiger partial charge in [-0.15, -0.1) is 0 Å². The molecule has 24 heavy (non-hydrogen) atoms. The zero-order chi connectivity index (χ0) is 17.5. The van der Waals surface area contributed by atoms with E-state index in [2.05, 4.69) is 25.8 Å². The lowest BCUT2D eigenvalue weighted by Gasteiger charge is -2.16. The molecule has 0 bridgehead atoms. The quantitative estimate of drug-likeness (QED) is 0.626. The topological polar surface area (TPSA) is 75.3 Å². The van der Waals surface area contributed by atoms with Crippen molar-refractivity contribution in [3.63, 3.8) is 0 Å². The Morgan fingerprint density at radius 3 is 2.71 bits per heavy atom. The van der Waals surface area contributed by atoms with Crippen molar-refractivity contribution in [3.8, 4) is 0 Å². The highest BCUT2D eigenvalue weighted by atomic mass is 19.2. The van der Waals surface area contributed by atoms with Gasteiger partial charge in [0.25, 0.3) is 0 Å². The SMILES string of the molecule is CCNC(=NCc1nc(C)no1)NC[C@H](C)c1ccc(F)c(F)c1. The maximum atomic E-state index is 13.3. The third kappa shape index (κ3) is 5.00. The van der Waals surface area contributed by atoms with E-state index in [1.54, 1.807) is 13.0 Å². The number of rotatable bonds is 6. The molecule has 0 spiro atoms. The molecule has 0 unspecified atom stereocenters. The number of aliphatic imine (C=N–C) groups is 1. The molecule has 0 amide bonds. The maximum absolute atomic E-state index is 13.3. The van der Waals surface area contributed by atoms with Crippen LogP contribution >= 0.6 is 0 Å². The van der Waals surface area contributed by atoms with Gasteiger partial charge >= 0.3 is 0 Å². The summed E-state index contributed by atoms with van der Waals surface area (Å²) in [5.41, 5.74) is 0.713.